The van der Waals surface area contributed by atoms with E-state index in [1.807, 2.05) is 27.8 Å². The maximum Gasteiger partial charge on any atom is 0.225 e. The van der Waals surface area contributed by atoms with Crippen LogP contribution in [-0.2, 0) is 11.3 Å². The fourth-order valence-corrected chi connectivity index (χ4v) is 4.25. The van der Waals surface area contributed by atoms with Gasteiger partial charge in [0, 0.05) is 63.2 Å². The monoisotopic (exact) mass is 571 g/mol. The van der Waals surface area contributed by atoms with Gasteiger partial charge in [0.25, 0.3) is 0 Å². The Labute approximate surface area is 192 Å². The molecule has 1 saturated heterocycles. The first-order valence-corrected chi connectivity index (χ1v) is 10.6. The van der Waals surface area contributed by atoms with Crippen molar-refractivity contribution in [1.29, 1.82) is 0 Å². The van der Waals surface area contributed by atoms with Crippen LogP contribution in [0.25, 0.3) is 0 Å². The molecule has 0 radical (unpaired) electrons. The summed E-state index contributed by atoms with van der Waals surface area (Å²) < 4.78 is 1.19. The molecular formula is C18H31BrIN5OS. The van der Waals surface area contributed by atoms with Crippen LogP contribution in [0.1, 0.15) is 25.6 Å². The fraction of sp³-hybridized carbons (Fsp3) is 0.667. The summed E-state index contributed by atoms with van der Waals surface area (Å²) >= 11 is 5.33. The Balaban J connectivity index is 0.00000364. The van der Waals surface area contributed by atoms with E-state index in [4.69, 9.17) is 0 Å². The first kappa shape index (κ1) is 24.6. The van der Waals surface area contributed by atoms with Gasteiger partial charge in [-0.2, -0.15) is 0 Å². The van der Waals surface area contributed by atoms with Crippen molar-refractivity contribution in [3.05, 3.63) is 20.8 Å². The fourth-order valence-electron chi connectivity index (χ4n) is 2.72. The van der Waals surface area contributed by atoms with E-state index in [1.165, 1.54) is 8.66 Å². The normalized spacial score (nSPS) is 16.0. The number of halogens is 2. The third kappa shape index (κ3) is 8.25. The van der Waals surface area contributed by atoms with E-state index in [2.05, 4.69) is 53.5 Å². The third-order valence-electron chi connectivity index (χ3n) is 4.27. The van der Waals surface area contributed by atoms with Crippen LogP contribution in [0.4, 0.5) is 0 Å². The van der Waals surface area contributed by atoms with Gasteiger partial charge in [-0.15, -0.1) is 35.3 Å². The first-order chi connectivity index (χ1) is 12.3. The Morgan fingerprint density at radius 2 is 1.81 bits per heavy atom. The van der Waals surface area contributed by atoms with Gasteiger partial charge < -0.3 is 15.5 Å². The zero-order valence-corrected chi connectivity index (χ0v) is 21.3. The van der Waals surface area contributed by atoms with Gasteiger partial charge in [0.05, 0.1) is 3.79 Å². The highest BCUT2D eigenvalue weighted by Crippen LogP contribution is 2.23. The summed E-state index contributed by atoms with van der Waals surface area (Å²) in [5.74, 6) is 0.983. The van der Waals surface area contributed by atoms with Gasteiger partial charge in [-0.05, 0) is 28.1 Å². The summed E-state index contributed by atoms with van der Waals surface area (Å²) in [6.45, 7) is 12.0. The molecule has 1 amide bonds. The lowest BCUT2D eigenvalue weighted by atomic mass is 9.96. The Hall–Kier alpha value is -0.390. The molecule has 1 fully saturated rings. The molecule has 0 bridgehead atoms. The molecule has 2 N–H and O–H groups in total. The van der Waals surface area contributed by atoms with Crippen LogP contribution in [-0.4, -0.2) is 68.0 Å². The highest BCUT2D eigenvalue weighted by Gasteiger charge is 2.21. The molecule has 0 spiro atoms. The molecule has 6 nitrogen and oxygen atoms in total. The molecule has 1 aromatic heterocycles. The van der Waals surface area contributed by atoms with Crippen molar-refractivity contribution in [2.45, 2.75) is 27.3 Å². The molecule has 9 heteroatoms. The van der Waals surface area contributed by atoms with Gasteiger partial charge in [0.2, 0.25) is 5.91 Å². The Morgan fingerprint density at radius 3 is 2.33 bits per heavy atom. The zero-order valence-electron chi connectivity index (χ0n) is 16.5. The molecule has 0 saturated carbocycles. The lowest BCUT2D eigenvalue weighted by molar-refractivity contribution is -0.128. The summed E-state index contributed by atoms with van der Waals surface area (Å²) in [4.78, 5) is 22.4. The van der Waals surface area contributed by atoms with Crippen molar-refractivity contribution in [2.75, 3.05) is 46.3 Å². The molecule has 2 rings (SSSR count). The number of carbonyl (C=O) groups is 1. The maximum atomic E-state index is 11.9. The Morgan fingerprint density at radius 1 is 1.19 bits per heavy atom. The average molecular weight is 572 g/mol. The van der Waals surface area contributed by atoms with E-state index in [9.17, 15) is 4.79 Å². The van der Waals surface area contributed by atoms with Gasteiger partial charge in [-0.1, -0.05) is 20.8 Å². The highest BCUT2D eigenvalue weighted by molar-refractivity contribution is 14.0. The van der Waals surface area contributed by atoms with Crippen LogP contribution >= 0.6 is 51.2 Å². The molecule has 1 aliphatic heterocycles. The average Bonchev–Trinajstić information content (AvgIpc) is 3.00. The van der Waals surface area contributed by atoms with Gasteiger partial charge in [0.1, 0.15) is 0 Å². The van der Waals surface area contributed by atoms with Crippen molar-refractivity contribution < 1.29 is 4.79 Å². The number of nitrogens with one attached hydrogen (secondary N) is 2. The smallest absolute Gasteiger partial charge is 0.225 e. The predicted molar refractivity (Wildman–Crippen MR) is 128 cm³/mol. The number of guanidine groups is 1. The lowest BCUT2D eigenvalue weighted by Crippen LogP contribution is -2.53. The SMILES string of the molecule is CN=C(NCCNC(=O)C(C)(C)C)N1CCN(Cc2ccc(Br)s2)CC1.I. The van der Waals surface area contributed by atoms with E-state index in [0.29, 0.717) is 13.1 Å². The van der Waals surface area contributed by atoms with Crippen molar-refractivity contribution in [3.63, 3.8) is 0 Å². The largest absolute Gasteiger partial charge is 0.354 e. The quantitative estimate of drug-likeness (QED) is 0.247. The Kier molecular flexibility index (Phi) is 10.6. The minimum Gasteiger partial charge on any atom is -0.354 e. The molecule has 0 aromatic carbocycles. The zero-order chi connectivity index (χ0) is 19.2. The molecule has 1 aromatic rings. The number of amides is 1. The molecule has 0 atom stereocenters. The number of rotatable bonds is 5. The summed E-state index contributed by atoms with van der Waals surface area (Å²) in [5.41, 5.74) is -0.351. The molecule has 0 aliphatic carbocycles. The molecule has 1 aliphatic rings. The third-order valence-corrected chi connectivity index (χ3v) is 5.88. The molecule has 154 valence electrons. The van der Waals surface area contributed by atoms with Crippen LogP contribution in [0.15, 0.2) is 20.9 Å². The van der Waals surface area contributed by atoms with Gasteiger partial charge >= 0.3 is 0 Å². The summed E-state index contributed by atoms with van der Waals surface area (Å²) in [5, 5.41) is 6.31. The van der Waals surface area contributed by atoms with E-state index in [1.54, 1.807) is 11.3 Å². The van der Waals surface area contributed by atoms with Gasteiger partial charge in [0.15, 0.2) is 5.96 Å². The number of carbonyl (C=O) groups excluding carboxylic acids is 1. The molecule has 27 heavy (non-hydrogen) atoms. The topological polar surface area (TPSA) is 60.0 Å². The molecule has 0 unspecified atom stereocenters. The molecule has 2 heterocycles. The predicted octanol–water partition coefficient (Wildman–Crippen LogP) is 2.98. The van der Waals surface area contributed by atoms with Crippen molar-refractivity contribution in [2.24, 2.45) is 10.4 Å². The van der Waals surface area contributed by atoms with Crippen LogP contribution in [0, 0.1) is 5.41 Å². The second kappa shape index (κ2) is 11.6. The van der Waals surface area contributed by atoms with Crippen LogP contribution in [0.5, 0.6) is 0 Å². The standard InChI is InChI=1S/C18H30BrN5OS.HI/c1-18(2,3)16(25)21-7-8-22-17(20-4)24-11-9-23(10-12-24)13-14-5-6-15(19)26-14;/h5-6H,7-13H2,1-4H3,(H,20,22)(H,21,25);1H. The minimum atomic E-state index is -0.351. The highest BCUT2D eigenvalue weighted by atomic mass is 127. The number of nitrogens with zero attached hydrogens (tertiary/aromatic N) is 3. The van der Waals surface area contributed by atoms with Crippen molar-refractivity contribution in [3.8, 4) is 0 Å². The second-order valence-electron chi connectivity index (χ2n) is 7.45. The maximum absolute atomic E-state index is 11.9. The summed E-state index contributed by atoms with van der Waals surface area (Å²) in [6.07, 6.45) is 0. The first-order valence-electron chi connectivity index (χ1n) is 9.00. The molecular weight excluding hydrogens is 541 g/mol. The van der Waals surface area contributed by atoms with Crippen LogP contribution in [0.2, 0.25) is 0 Å². The Bertz CT molecular complexity index is 624. The number of aliphatic imine (C=N–C) groups is 1. The van der Waals surface area contributed by atoms with E-state index in [-0.39, 0.29) is 35.3 Å². The van der Waals surface area contributed by atoms with Crippen molar-refractivity contribution >= 4 is 63.1 Å². The minimum absolute atomic E-state index is 0. The summed E-state index contributed by atoms with van der Waals surface area (Å²) in [7, 11) is 1.81. The van der Waals surface area contributed by atoms with Gasteiger partial charge in [-0.25, -0.2) is 0 Å². The van der Waals surface area contributed by atoms with Crippen LogP contribution < -0.4 is 10.6 Å². The van der Waals surface area contributed by atoms with E-state index in [0.717, 1.165) is 38.7 Å². The number of hydrogen-bond donors (Lipinski definition) is 2. The number of thiophene rings is 1. The number of hydrogen-bond acceptors (Lipinski definition) is 4. The van der Waals surface area contributed by atoms with Crippen LogP contribution in [0.3, 0.4) is 0 Å². The van der Waals surface area contributed by atoms with E-state index < -0.39 is 0 Å². The summed E-state index contributed by atoms with van der Waals surface area (Å²) in [6, 6.07) is 4.30. The second-order valence-corrected chi connectivity index (χ2v) is 10.00. The number of piperazine rings is 1. The van der Waals surface area contributed by atoms with E-state index >= 15 is 0 Å². The lowest BCUT2D eigenvalue weighted by Gasteiger charge is -2.36. The van der Waals surface area contributed by atoms with Gasteiger partial charge in [-0.3, -0.25) is 14.7 Å². The van der Waals surface area contributed by atoms with Crippen molar-refractivity contribution in [1.82, 2.24) is 20.4 Å².